The molecule has 17 heavy (non-hydrogen) atoms. The van der Waals surface area contributed by atoms with Gasteiger partial charge in [-0.1, -0.05) is 20.8 Å². The Hall–Kier alpha value is -0.120. The lowest BCUT2D eigenvalue weighted by Crippen LogP contribution is -2.33. The summed E-state index contributed by atoms with van der Waals surface area (Å²) in [6.45, 7) is 13.8. The van der Waals surface area contributed by atoms with E-state index < -0.39 is 0 Å². The van der Waals surface area contributed by atoms with E-state index in [-0.39, 0.29) is 0 Å². The van der Waals surface area contributed by atoms with Gasteiger partial charge in [0.15, 0.2) is 0 Å². The summed E-state index contributed by atoms with van der Waals surface area (Å²) < 4.78 is 5.23. The highest BCUT2D eigenvalue weighted by Crippen LogP contribution is 2.17. The summed E-state index contributed by atoms with van der Waals surface area (Å²) in [7, 11) is 1.81. The minimum absolute atomic E-state index is 0.745. The van der Waals surface area contributed by atoms with Gasteiger partial charge in [0.25, 0.3) is 0 Å². The number of rotatable bonds is 8. The summed E-state index contributed by atoms with van der Waals surface area (Å²) in [6.07, 6.45) is 1.31. The molecule has 0 aromatic heterocycles. The van der Waals surface area contributed by atoms with Gasteiger partial charge in [-0.05, 0) is 43.8 Å². The molecule has 0 radical (unpaired) electrons. The third-order valence-electron chi connectivity index (χ3n) is 3.39. The molecular weight excluding hydrogens is 212 g/mol. The van der Waals surface area contributed by atoms with Gasteiger partial charge in [0.1, 0.15) is 0 Å². The van der Waals surface area contributed by atoms with Crippen molar-refractivity contribution in [2.45, 2.75) is 27.2 Å². The molecule has 0 amide bonds. The van der Waals surface area contributed by atoms with Gasteiger partial charge < -0.3 is 15.0 Å². The molecule has 0 spiro atoms. The predicted octanol–water partition coefficient (Wildman–Crippen LogP) is 1.84. The lowest BCUT2D eigenvalue weighted by molar-refractivity contribution is 0.151. The number of hydrogen-bond acceptors (Lipinski definition) is 3. The largest absolute Gasteiger partial charge is 0.384 e. The van der Waals surface area contributed by atoms with Crippen LogP contribution in [0.1, 0.15) is 27.2 Å². The molecule has 1 heterocycles. The Morgan fingerprint density at radius 1 is 1.29 bits per heavy atom. The minimum Gasteiger partial charge on any atom is -0.384 e. The van der Waals surface area contributed by atoms with E-state index in [4.69, 9.17) is 4.74 Å². The molecule has 0 aromatic rings. The van der Waals surface area contributed by atoms with Crippen LogP contribution in [-0.2, 0) is 4.74 Å². The first-order valence-electron chi connectivity index (χ1n) is 7.03. The molecule has 1 N–H and O–H groups in total. The highest BCUT2D eigenvalue weighted by Gasteiger charge is 2.23. The fourth-order valence-corrected chi connectivity index (χ4v) is 2.57. The fraction of sp³-hybridized carbons (Fsp3) is 1.00. The lowest BCUT2D eigenvalue weighted by atomic mass is 10.1. The summed E-state index contributed by atoms with van der Waals surface area (Å²) >= 11 is 0. The van der Waals surface area contributed by atoms with Crippen LogP contribution in [0.2, 0.25) is 0 Å². The zero-order valence-corrected chi connectivity index (χ0v) is 12.0. The molecule has 1 saturated heterocycles. The van der Waals surface area contributed by atoms with E-state index in [2.05, 4.69) is 31.0 Å². The van der Waals surface area contributed by atoms with E-state index in [0.29, 0.717) is 0 Å². The van der Waals surface area contributed by atoms with Gasteiger partial charge in [-0.3, -0.25) is 0 Å². The Balaban J connectivity index is 2.08. The number of ether oxygens (including phenoxy) is 1. The molecule has 3 heteroatoms. The molecule has 0 aliphatic carbocycles. The maximum atomic E-state index is 5.23. The van der Waals surface area contributed by atoms with Crippen molar-refractivity contribution < 1.29 is 4.74 Å². The van der Waals surface area contributed by atoms with E-state index in [9.17, 15) is 0 Å². The van der Waals surface area contributed by atoms with E-state index >= 15 is 0 Å². The van der Waals surface area contributed by atoms with E-state index in [0.717, 1.165) is 37.5 Å². The zero-order chi connectivity index (χ0) is 12.7. The Morgan fingerprint density at radius 2 is 2.06 bits per heavy atom. The molecule has 1 fully saturated rings. The lowest BCUT2D eigenvalue weighted by Gasteiger charge is -2.21. The van der Waals surface area contributed by atoms with Crippen molar-refractivity contribution in [3.8, 4) is 0 Å². The Kier molecular flexibility index (Phi) is 7.09. The Labute approximate surface area is 107 Å². The molecule has 3 nitrogen and oxygen atoms in total. The van der Waals surface area contributed by atoms with Crippen LogP contribution in [0.15, 0.2) is 0 Å². The number of nitrogens with zero attached hydrogens (tertiary/aromatic N) is 1. The van der Waals surface area contributed by atoms with Gasteiger partial charge in [-0.2, -0.15) is 0 Å². The average Bonchev–Trinajstić information content (AvgIpc) is 2.65. The molecule has 2 unspecified atom stereocenters. The van der Waals surface area contributed by atoms with Crippen LogP contribution >= 0.6 is 0 Å². The van der Waals surface area contributed by atoms with Gasteiger partial charge >= 0.3 is 0 Å². The van der Waals surface area contributed by atoms with Crippen molar-refractivity contribution in [1.82, 2.24) is 10.2 Å². The SMILES string of the molecule is COCC1CCN(CC(C)CNCC(C)C)C1. The minimum atomic E-state index is 0.745. The molecule has 0 aromatic carbocycles. The predicted molar refractivity (Wildman–Crippen MR) is 73.3 cm³/mol. The topological polar surface area (TPSA) is 24.5 Å². The average molecular weight is 242 g/mol. The number of methoxy groups -OCH3 is 1. The highest BCUT2D eigenvalue weighted by molar-refractivity contribution is 4.77. The summed E-state index contributed by atoms with van der Waals surface area (Å²) in [6, 6.07) is 0. The zero-order valence-electron chi connectivity index (χ0n) is 12.0. The van der Waals surface area contributed by atoms with Crippen LogP contribution in [0.25, 0.3) is 0 Å². The van der Waals surface area contributed by atoms with E-state index in [1.54, 1.807) is 7.11 Å². The fourth-order valence-electron chi connectivity index (χ4n) is 2.57. The van der Waals surface area contributed by atoms with Crippen molar-refractivity contribution in [1.29, 1.82) is 0 Å². The van der Waals surface area contributed by atoms with E-state index in [1.807, 2.05) is 0 Å². The molecule has 0 saturated carbocycles. The van der Waals surface area contributed by atoms with Crippen molar-refractivity contribution >= 4 is 0 Å². The third kappa shape index (κ3) is 6.39. The second-order valence-corrected chi connectivity index (χ2v) is 6.03. The van der Waals surface area contributed by atoms with Gasteiger partial charge in [-0.15, -0.1) is 0 Å². The van der Waals surface area contributed by atoms with Crippen LogP contribution in [0.5, 0.6) is 0 Å². The van der Waals surface area contributed by atoms with Gasteiger partial charge in [-0.25, -0.2) is 0 Å². The summed E-state index contributed by atoms with van der Waals surface area (Å²) in [5, 5.41) is 3.54. The maximum Gasteiger partial charge on any atom is 0.0503 e. The number of nitrogens with one attached hydrogen (secondary N) is 1. The monoisotopic (exact) mass is 242 g/mol. The number of hydrogen-bond donors (Lipinski definition) is 1. The van der Waals surface area contributed by atoms with Gasteiger partial charge in [0.2, 0.25) is 0 Å². The molecule has 1 aliphatic rings. The van der Waals surface area contributed by atoms with Gasteiger partial charge in [0.05, 0.1) is 6.61 Å². The molecule has 1 rings (SSSR count). The van der Waals surface area contributed by atoms with Gasteiger partial charge in [0, 0.05) is 20.2 Å². The smallest absolute Gasteiger partial charge is 0.0503 e. The van der Waals surface area contributed by atoms with Crippen molar-refractivity contribution in [3.63, 3.8) is 0 Å². The molecule has 0 bridgehead atoms. The molecular formula is C14H30N2O. The van der Waals surface area contributed by atoms with Crippen molar-refractivity contribution in [2.24, 2.45) is 17.8 Å². The number of likely N-dealkylation sites (tertiary alicyclic amines) is 1. The molecule has 1 aliphatic heterocycles. The standard InChI is InChI=1S/C14H30N2O/c1-12(2)7-15-8-13(3)9-16-6-5-14(10-16)11-17-4/h12-15H,5-11H2,1-4H3. The van der Waals surface area contributed by atoms with Crippen LogP contribution in [0.3, 0.4) is 0 Å². The molecule has 2 atom stereocenters. The van der Waals surface area contributed by atoms with Crippen LogP contribution in [0, 0.1) is 17.8 Å². The summed E-state index contributed by atoms with van der Waals surface area (Å²) in [5.74, 6) is 2.26. The quantitative estimate of drug-likeness (QED) is 0.703. The van der Waals surface area contributed by atoms with E-state index in [1.165, 1.54) is 26.1 Å². The van der Waals surface area contributed by atoms with Crippen molar-refractivity contribution in [3.05, 3.63) is 0 Å². The summed E-state index contributed by atoms with van der Waals surface area (Å²) in [5.41, 5.74) is 0. The first-order chi connectivity index (χ1) is 8.11. The highest BCUT2D eigenvalue weighted by atomic mass is 16.5. The first-order valence-corrected chi connectivity index (χ1v) is 7.03. The first kappa shape index (κ1) is 14.9. The normalized spacial score (nSPS) is 23.5. The van der Waals surface area contributed by atoms with Crippen LogP contribution < -0.4 is 5.32 Å². The molecule has 102 valence electrons. The second-order valence-electron chi connectivity index (χ2n) is 6.03. The van der Waals surface area contributed by atoms with Crippen molar-refractivity contribution in [2.75, 3.05) is 46.4 Å². The third-order valence-corrected chi connectivity index (χ3v) is 3.39. The van der Waals surface area contributed by atoms with Crippen LogP contribution in [0.4, 0.5) is 0 Å². The summed E-state index contributed by atoms with van der Waals surface area (Å²) in [4.78, 5) is 2.59. The second kappa shape index (κ2) is 8.06. The Bertz CT molecular complexity index is 197. The van der Waals surface area contributed by atoms with Crippen LogP contribution in [-0.4, -0.2) is 51.3 Å². The maximum absolute atomic E-state index is 5.23. The Morgan fingerprint density at radius 3 is 2.71 bits per heavy atom.